The molecule has 0 unspecified atom stereocenters. The van der Waals surface area contributed by atoms with E-state index in [0.29, 0.717) is 28.1 Å². The Morgan fingerprint density at radius 3 is 2.57 bits per heavy atom. The minimum Gasteiger partial charge on any atom is -0.339 e. The summed E-state index contributed by atoms with van der Waals surface area (Å²) < 4.78 is 7.38. The number of amides is 1. The summed E-state index contributed by atoms with van der Waals surface area (Å²) in [6, 6.07) is 11.6. The summed E-state index contributed by atoms with van der Waals surface area (Å²) in [4.78, 5) is 20.2. The average molecular weight is 401 g/mol. The Labute approximate surface area is 174 Å². The predicted molar refractivity (Wildman–Crippen MR) is 114 cm³/mol. The average Bonchev–Trinajstić information content (AvgIpc) is 3.36. The van der Waals surface area contributed by atoms with Crippen LogP contribution in [0.15, 0.2) is 47.1 Å². The fourth-order valence-electron chi connectivity index (χ4n) is 4.17. The summed E-state index contributed by atoms with van der Waals surface area (Å²) in [7, 11) is 1.87. The molecule has 7 nitrogen and oxygen atoms in total. The van der Waals surface area contributed by atoms with E-state index in [9.17, 15) is 4.79 Å². The third kappa shape index (κ3) is 3.16. The lowest BCUT2D eigenvalue weighted by molar-refractivity contribution is 0.0726. The van der Waals surface area contributed by atoms with Crippen LogP contribution < -0.4 is 0 Å². The Morgan fingerprint density at radius 2 is 1.87 bits per heavy atom. The lowest BCUT2D eigenvalue weighted by Gasteiger charge is -2.27. The van der Waals surface area contributed by atoms with Gasteiger partial charge in [0.25, 0.3) is 11.6 Å². The molecule has 0 bridgehead atoms. The zero-order chi connectivity index (χ0) is 20.7. The Morgan fingerprint density at radius 1 is 1.10 bits per heavy atom. The minimum absolute atomic E-state index is 0.00488. The molecule has 1 fully saturated rings. The van der Waals surface area contributed by atoms with Crippen LogP contribution in [0.25, 0.3) is 33.6 Å². The molecule has 0 aliphatic carbocycles. The minimum atomic E-state index is 0.00488. The van der Waals surface area contributed by atoms with Crippen molar-refractivity contribution in [2.75, 3.05) is 13.1 Å². The second-order valence-corrected chi connectivity index (χ2v) is 7.79. The lowest BCUT2D eigenvalue weighted by atomic mass is 10.0. The molecule has 0 atom stereocenters. The molecular formula is C23H23N5O2. The number of hydrogen-bond acceptors (Lipinski definition) is 5. The lowest BCUT2D eigenvalue weighted by Crippen LogP contribution is -2.35. The highest BCUT2D eigenvalue weighted by Crippen LogP contribution is 2.34. The molecular weight excluding hydrogens is 378 g/mol. The number of aryl methyl sites for hydroxylation is 2. The summed E-state index contributed by atoms with van der Waals surface area (Å²) in [6.45, 7) is 3.48. The van der Waals surface area contributed by atoms with E-state index >= 15 is 0 Å². The number of pyridine rings is 1. The molecule has 1 aliphatic heterocycles. The van der Waals surface area contributed by atoms with Crippen LogP contribution in [-0.2, 0) is 7.05 Å². The predicted octanol–water partition coefficient (Wildman–Crippen LogP) is 4.22. The maximum Gasteiger partial charge on any atom is 0.259 e. The quantitative estimate of drug-likeness (QED) is 0.514. The summed E-state index contributed by atoms with van der Waals surface area (Å²) in [5.41, 5.74) is 4.90. The van der Waals surface area contributed by atoms with Gasteiger partial charge in [0, 0.05) is 37.5 Å². The van der Waals surface area contributed by atoms with Crippen LogP contribution in [0, 0.1) is 6.92 Å². The Balaban J connectivity index is 1.73. The largest absolute Gasteiger partial charge is 0.339 e. The molecule has 0 radical (unpaired) electrons. The number of carbonyl (C=O) groups excluding carboxylic acids is 1. The van der Waals surface area contributed by atoms with E-state index in [-0.39, 0.29) is 5.91 Å². The van der Waals surface area contributed by atoms with E-state index in [1.165, 1.54) is 0 Å². The van der Waals surface area contributed by atoms with Gasteiger partial charge in [-0.05, 0) is 32.3 Å². The van der Waals surface area contributed by atoms with E-state index in [4.69, 9.17) is 9.51 Å². The van der Waals surface area contributed by atoms with E-state index in [1.807, 2.05) is 61.5 Å². The third-order valence-electron chi connectivity index (χ3n) is 5.66. The van der Waals surface area contributed by atoms with Crippen LogP contribution in [0.2, 0.25) is 0 Å². The normalized spacial score (nSPS) is 14.4. The van der Waals surface area contributed by atoms with Crippen LogP contribution in [-0.4, -0.2) is 43.8 Å². The molecule has 30 heavy (non-hydrogen) atoms. The van der Waals surface area contributed by atoms with Gasteiger partial charge in [0.05, 0.1) is 22.3 Å². The van der Waals surface area contributed by atoms with Crippen LogP contribution >= 0.6 is 0 Å². The summed E-state index contributed by atoms with van der Waals surface area (Å²) in [5, 5.41) is 9.38. The fraction of sp³-hybridized carbons (Fsp3) is 0.304. The van der Waals surface area contributed by atoms with Gasteiger partial charge in [0.15, 0.2) is 0 Å². The van der Waals surface area contributed by atoms with Crippen LogP contribution in [0.4, 0.5) is 0 Å². The first-order valence-electron chi connectivity index (χ1n) is 10.3. The van der Waals surface area contributed by atoms with Gasteiger partial charge >= 0.3 is 0 Å². The van der Waals surface area contributed by atoms with Crippen LogP contribution in [0.1, 0.15) is 35.3 Å². The highest BCUT2D eigenvalue weighted by atomic mass is 16.5. The zero-order valence-corrected chi connectivity index (χ0v) is 17.1. The standard InChI is InChI=1S/C23H23N5O2/c1-15-18(14-27(2)25-15)19-13-17(23(29)28-11-7-4-8-12-28)20-21(26-30-22(20)24-19)16-9-5-3-6-10-16/h3,5-6,9-10,13-14H,4,7-8,11-12H2,1-2H3. The second kappa shape index (κ2) is 7.40. The molecule has 4 heterocycles. The molecule has 1 saturated heterocycles. The van der Waals surface area contributed by atoms with E-state index in [2.05, 4.69) is 10.3 Å². The summed E-state index contributed by atoms with van der Waals surface area (Å²) in [5.74, 6) is 0.00488. The topological polar surface area (TPSA) is 77.0 Å². The Hall–Kier alpha value is -3.48. The number of likely N-dealkylation sites (tertiary alicyclic amines) is 1. The van der Waals surface area contributed by atoms with Crippen molar-refractivity contribution in [2.45, 2.75) is 26.2 Å². The number of piperidine rings is 1. The summed E-state index contributed by atoms with van der Waals surface area (Å²) >= 11 is 0. The van der Waals surface area contributed by atoms with Gasteiger partial charge in [-0.25, -0.2) is 4.98 Å². The van der Waals surface area contributed by atoms with E-state index < -0.39 is 0 Å². The zero-order valence-electron chi connectivity index (χ0n) is 17.1. The van der Waals surface area contributed by atoms with E-state index in [1.54, 1.807) is 4.68 Å². The SMILES string of the molecule is Cc1nn(C)cc1-c1cc(C(=O)N2CCCCC2)c2c(-c3ccccc3)noc2n1. The van der Waals surface area contributed by atoms with Crippen molar-refractivity contribution < 1.29 is 9.32 Å². The molecule has 152 valence electrons. The second-order valence-electron chi connectivity index (χ2n) is 7.79. The Bertz CT molecular complexity index is 1220. The molecule has 0 spiro atoms. The smallest absolute Gasteiger partial charge is 0.259 e. The van der Waals surface area contributed by atoms with Crippen LogP contribution in [0.3, 0.4) is 0 Å². The highest BCUT2D eigenvalue weighted by molar-refractivity contribution is 6.10. The molecule has 5 rings (SSSR count). The first-order valence-corrected chi connectivity index (χ1v) is 10.3. The maximum atomic E-state index is 13.6. The number of hydrogen-bond donors (Lipinski definition) is 0. The number of benzene rings is 1. The number of rotatable bonds is 3. The molecule has 0 N–H and O–H groups in total. The molecule has 1 aromatic carbocycles. The maximum absolute atomic E-state index is 13.6. The number of carbonyl (C=O) groups is 1. The number of aromatic nitrogens is 4. The number of fused-ring (bicyclic) bond motifs is 1. The van der Waals surface area contributed by atoms with Crippen molar-refractivity contribution >= 4 is 17.0 Å². The van der Waals surface area contributed by atoms with Gasteiger partial charge in [-0.3, -0.25) is 9.48 Å². The molecule has 4 aromatic rings. The van der Waals surface area contributed by atoms with Crippen molar-refractivity contribution in [3.05, 3.63) is 53.9 Å². The first-order chi connectivity index (χ1) is 14.6. The molecule has 1 amide bonds. The number of nitrogens with zero attached hydrogens (tertiary/aromatic N) is 5. The van der Waals surface area contributed by atoms with Gasteiger partial charge in [0.1, 0.15) is 5.69 Å². The van der Waals surface area contributed by atoms with E-state index in [0.717, 1.165) is 49.2 Å². The Kier molecular flexibility index (Phi) is 4.58. The molecule has 7 heteroatoms. The van der Waals surface area contributed by atoms with Crippen molar-refractivity contribution in [3.8, 4) is 22.5 Å². The molecule has 3 aromatic heterocycles. The van der Waals surface area contributed by atoms with Gasteiger partial charge in [-0.2, -0.15) is 5.10 Å². The van der Waals surface area contributed by atoms with Crippen molar-refractivity contribution in [1.29, 1.82) is 0 Å². The monoisotopic (exact) mass is 401 g/mol. The molecule has 0 saturated carbocycles. The van der Waals surface area contributed by atoms with Crippen molar-refractivity contribution in [3.63, 3.8) is 0 Å². The summed E-state index contributed by atoms with van der Waals surface area (Å²) in [6.07, 6.45) is 5.14. The van der Waals surface area contributed by atoms with Gasteiger partial charge < -0.3 is 9.42 Å². The van der Waals surface area contributed by atoms with Crippen LogP contribution in [0.5, 0.6) is 0 Å². The molecule has 1 aliphatic rings. The third-order valence-corrected chi connectivity index (χ3v) is 5.66. The van der Waals surface area contributed by atoms with Crippen molar-refractivity contribution in [2.24, 2.45) is 7.05 Å². The van der Waals surface area contributed by atoms with Gasteiger partial charge in [-0.15, -0.1) is 0 Å². The van der Waals surface area contributed by atoms with Gasteiger partial charge in [0.2, 0.25) is 0 Å². The fourth-order valence-corrected chi connectivity index (χ4v) is 4.17. The first kappa shape index (κ1) is 18.5. The van der Waals surface area contributed by atoms with Gasteiger partial charge in [-0.1, -0.05) is 35.5 Å². The van der Waals surface area contributed by atoms with Crippen molar-refractivity contribution in [1.82, 2.24) is 24.8 Å². The highest BCUT2D eigenvalue weighted by Gasteiger charge is 2.26.